The standard InChI is InChI=1S/C13H18S/c1-11(10-13(2,3)4)7-8-12-6-5-9-14-12/h5-10H,1-4H3/b8-7+,11-10+. The molecular weight excluding hydrogens is 188 g/mol. The van der Waals surface area contributed by atoms with E-state index in [1.807, 2.05) is 0 Å². The normalized spacial score (nSPS) is 13.9. The molecule has 0 fully saturated rings. The van der Waals surface area contributed by atoms with Crippen molar-refractivity contribution in [3.05, 3.63) is 40.1 Å². The third kappa shape index (κ3) is 4.43. The van der Waals surface area contributed by atoms with Crippen LogP contribution in [-0.4, -0.2) is 0 Å². The van der Waals surface area contributed by atoms with Crippen molar-refractivity contribution >= 4 is 17.4 Å². The zero-order chi connectivity index (χ0) is 10.6. The minimum atomic E-state index is 0.268. The average molecular weight is 206 g/mol. The van der Waals surface area contributed by atoms with Gasteiger partial charge in [0.05, 0.1) is 0 Å². The van der Waals surface area contributed by atoms with Gasteiger partial charge in [0, 0.05) is 4.88 Å². The van der Waals surface area contributed by atoms with Crippen molar-refractivity contribution in [1.82, 2.24) is 0 Å². The van der Waals surface area contributed by atoms with Gasteiger partial charge in [-0.05, 0) is 29.9 Å². The van der Waals surface area contributed by atoms with Crippen LogP contribution in [0.2, 0.25) is 0 Å². The Morgan fingerprint density at radius 1 is 1.36 bits per heavy atom. The van der Waals surface area contributed by atoms with E-state index in [0.717, 1.165) is 0 Å². The van der Waals surface area contributed by atoms with Crippen molar-refractivity contribution in [3.8, 4) is 0 Å². The first-order valence-corrected chi connectivity index (χ1v) is 5.76. The maximum Gasteiger partial charge on any atom is 0.0270 e. The Labute approximate surface area is 91.0 Å². The lowest BCUT2D eigenvalue weighted by Crippen LogP contribution is -1.99. The second-order valence-corrected chi connectivity index (χ2v) is 5.58. The molecule has 0 bridgehead atoms. The molecule has 1 heterocycles. The van der Waals surface area contributed by atoms with Crippen LogP contribution in [0.25, 0.3) is 6.08 Å². The topological polar surface area (TPSA) is 0 Å². The molecule has 76 valence electrons. The van der Waals surface area contributed by atoms with Crippen molar-refractivity contribution in [2.24, 2.45) is 5.41 Å². The van der Waals surface area contributed by atoms with Gasteiger partial charge in [0.1, 0.15) is 0 Å². The first kappa shape index (κ1) is 11.3. The van der Waals surface area contributed by atoms with Gasteiger partial charge in [-0.2, -0.15) is 0 Å². The van der Waals surface area contributed by atoms with Crippen LogP contribution in [0.3, 0.4) is 0 Å². The van der Waals surface area contributed by atoms with Gasteiger partial charge in [-0.3, -0.25) is 0 Å². The lowest BCUT2D eigenvalue weighted by Gasteiger charge is -2.12. The summed E-state index contributed by atoms with van der Waals surface area (Å²) in [7, 11) is 0. The summed E-state index contributed by atoms with van der Waals surface area (Å²) < 4.78 is 0. The second kappa shape index (κ2) is 4.61. The molecule has 0 saturated carbocycles. The molecule has 0 aromatic carbocycles. The van der Waals surface area contributed by atoms with Crippen LogP contribution >= 0.6 is 11.3 Å². The fourth-order valence-electron chi connectivity index (χ4n) is 1.33. The van der Waals surface area contributed by atoms with Gasteiger partial charge >= 0.3 is 0 Å². The number of thiophene rings is 1. The van der Waals surface area contributed by atoms with Gasteiger partial charge in [-0.1, -0.05) is 44.6 Å². The van der Waals surface area contributed by atoms with E-state index in [2.05, 4.69) is 63.4 Å². The number of rotatable bonds is 2. The molecule has 1 heteroatoms. The van der Waals surface area contributed by atoms with Gasteiger partial charge in [-0.15, -0.1) is 11.3 Å². The van der Waals surface area contributed by atoms with Crippen LogP contribution in [0.4, 0.5) is 0 Å². The maximum atomic E-state index is 2.29. The molecule has 1 aromatic rings. The number of hydrogen-bond donors (Lipinski definition) is 0. The summed E-state index contributed by atoms with van der Waals surface area (Å²) >= 11 is 1.77. The van der Waals surface area contributed by atoms with E-state index in [-0.39, 0.29) is 5.41 Å². The molecule has 0 atom stereocenters. The number of hydrogen-bond acceptors (Lipinski definition) is 1. The molecule has 0 amide bonds. The van der Waals surface area contributed by atoms with Gasteiger partial charge in [0.15, 0.2) is 0 Å². The Kier molecular flexibility index (Phi) is 3.70. The summed E-state index contributed by atoms with van der Waals surface area (Å²) in [6, 6.07) is 4.21. The molecule has 0 unspecified atom stereocenters. The summed E-state index contributed by atoms with van der Waals surface area (Å²) in [6.07, 6.45) is 6.64. The molecule has 0 aliphatic heterocycles. The SMILES string of the molecule is CC(/C=C/c1cccs1)=C\C(C)(C)C. The Hall–Kier alpha value is -0.820. The summed E-state index contributed by atoms with van der Waals surface area (Å²) in [5.41, 5.74) is 1.59. The minimum Gasteiger partial charge on any atom is -0.144 e. The lowest BCUT2D eigenvalue weighted by molar-refractivity contribution is 0.541. The molecule has 0 aliphatic carbocycles. The highest BCUT2D eigenvalue weighted by molar-refractivity contribution is 7.10. The smallest absolute Gasteiger partial charge is 0.0270 e. The molecule has 1 aromatic heterocycles. The van der Waals surface area contributed by atoms with Gasteiger partial charge < -0.3 is 0 Å². The van der Waals surface area contributed by atoms with E-state index in [0.29, 0.717) is 0 Å². The molecule has 1 rings (SSSR count). The molecule has 0 spiro atoms. The zero-order valence-corrected chi connectivity index (χ0v) is 10.2. The van der Waals surface area contributed by atoms with Gasteiger partial charge in [0.2, 0.25) is 0 Å². The first-order valence-electron chi connectivity index (χ1n) is 4.88. The van der Waals surface area contributed by atoms with Gasteiger partial charge in [0.25, 0.3) is 0 Å². The highest BCUT2D eigenvalue weighted by Crippen LogP contribution is 2.19. The van der Waals surface area contributed by atoms with Crippen LogP contribution in [-0.2, 0) is 0 Å². The minimum absolute atomic E-state index is 0.268. The molecule has 0 saturated heterocycles. The van der Waals surface area contributed by atoms with E-state index in [4.69, 9.17) is 0 Å². The Morgan fingerprint density at radius 2 is 2.07 bits per heavy atom. The summed E-state index contributed by atoms with van der Waals surface area (Å²) in [4.78, 5) is 1.31. The highest BCUT2D eigenvalue weighted by atomic mass is 32.1. The molecule has 0 nitrogen and oxygen atoms in total. The van der Waals surface area contributed by atoms with E-state index in [1.165, 1.54) is 10.5 Å². The molecule has 0 aliphatic rings. The molecule has 0 radical (unpaired) electrons. The van der Waals surface area contributed by atoms with Crippen LogP contribution < -0.4 is 0 Å². The number of allylic oxidation sites excluding steroid dienone is 3. The van der Waals surface area contributed by atoms with Crippen LogP contribution in [0.1, 0.15) is 32.6 Å². The Bertz CT molecular complexity index is 321. The maximum absolute atomic E-state index is 2.29. The summed E-state index contributed by atoms with van der Waals surface area (Å²) in [5.74, 6) is 0. The first-order chi connectivity index (χ1) is 6.47. The van der Waals surface area contributed by atoms with Crippen molar-refractivity contribution in [2.75, 3.05) is 0 Å². The van der Waals surface area contributed by atoms with Gasteiger partial charge in [-0.25, -0.2) is 0 Å². The lowest BCUT2D eigenvalue weighted by atomic mass is 9.94. The van der Waals surface area contributed by atoms with Crippen LogP contribution in [0, 0.1) is 5.41 Å². The Morgan fingerprint density at radius 3 is 2.57 bits per heavy atom. The van der Waals surface area contributed by atoms with Crippen molar-refractivity contribution < 1.29 is 0 Å². The fourth-order valence-corrected chi connectivity index (χ4v) is 1.95. The zero-order valence-electron chi connectivity index (χ0n) is 9.37. The predicted molar refractivity (Wildman–Crippen MR) is 66.6 cm³/mol. The van der Waals surface area contributed by atoms with Crippen LogP contribution in [0.15, 0.2) is 35.2 Å². The highest BCUT2D eigenvalue weighted by Gasteiger charge is 2.04. The fraction of sp³-hybridized carbons (Fsp3) is 0.385. The Balaban J connectivity index is 2.65. The third-order valence-corrected chi connectivity index (χ3v) is 2.55. The largest absolute Gasteiger partial charge is 0.144 e. The quantitative estimate of drug-likeness (QED) is 0.612. The van der Waals surface area contributed by atoms with E-state index in [1.54, 1.807) is 11.3 Å². The van der Waals surface area contributed by atoms with E-state index < -0.39 is 0 Å². The predicted octanol–water partition coefficient (Wildman–Crippen LogP) is 4.75. The summed E-state index contributed by atoms with van der Waals surface area (Å²) in [5, 5.41) is 2.10. The molecule has 14 heavy (non-hydrogen) atoms. The van der Waals surface area contributed by atoms with E-state index >= 15 is 0 Å². The molecule has 0 N–H and O–H groups in total. The van der Waals surface area contributed by atoms with Crippen LogP contribution in [0.5, 0.6) is 0 Å². The monoisotopic (exact) mass is 206 g/mol. The summed E-state index contributed by atoms with van der Waals surface area (Å²) in [6.45, 7) is 8.80. The molecular formula is C13H18S. The van der Waals surface area contributed by atoms with E-state index in [9.17, 15) is 0 Å². The van der Waals surface area contributed by atoms with Crippen molar-refractivity contribution in [2.45, 2.75) is 27.7 Å². The van der Waals surface area contributed by atoms with Crippen molar-refractivity contribution in [3.63, 3.8) is 0 Å². The third-order valence-electron chi connectivity index (χ3n) is 1.71. The second-order valence-electron chi connectivity index (χ2n) is 4.60. The van der Waals surface area contributed by atoms with Crippen molar-refractivity contribution in [1.29, 1.82) is 0 Å². The average Bonchev–Trinajstić information content (AvgIpc) is 2.49.